The predicted molar refractivity (Wildman–Crippen MR) is 78.8 cm³/mol. The Morgan fingerprint density at radius 2 is 2.09 bits per heavy atom. The highest BCUT2D eigenvalue weighted by molar-refractivity contribution is 5.67. The van der Waals surface area contributed by atoms with Gasteiger partial charge in [0.1, 0.15) is 11.4 Å². The number of benzene rings is 1. The fourth-order valence-electron chi connectivity index (χ4n) is 1.46. The zero-order chi connectivity index (χ0) is 16.8. The van der Waals surface area contributed by atoms with Gasteiger partial charge in [-0.3, -0.25) is 10.1 Å². The number of carbonyl (C=O) groups is 1. The van der Waals surface area contributed by atoms with Gasteiger partial charge < -0.3 is 10.1 Å². The largest absolute Gasteiger partial charge is 0.444 e. The maximum atomic E-state index is 13.2. The molecule has 0 unspecified atom stereocenters. The molecular formula is C15H17FN2O4. The number of ether oxygens (including phenoxy) is 1. The highest BCUT2D eigenvalue weighted by atomic mass is 19.1. The number of halogens is 1. The standard InChI is InChI=1S/C15H17FN2O4/c1-15(2,3)22-14(19)17-7-5-4-6-11-8-12(16)10-13(9-11)18(20)21/h8-10H,5,7H2,1-3H3,(H,17,19). The molecule has 0 radical (unpaired) electrons. The molecule has 0 atom stereocenters. The summed E-state index contributed by atoms with van der Waals surface area (Å²) < 4.78 is 18.2. The lowest BCUT2D eigenvalue weighted by molar-refractivity contribution is -0.385. The Morgan fingerprint density at radius 3 is 2.68 bits per heavy atom. The van der Waals surface area contributed by atoms with Crippen molar-refractivity contribution in [1.82, 2.24) is 5.32 Å². The molecular weight excluding hydrogens is 291 g/mol. The van der Waals surface area contributed by atoms with Crippen LogP contribution >= 0.6 is 0 Å². The molecule has 0 aliphatic heterocycles. The van der Waals surface area contributed by atoms with E-state index in [4.69, 9.17) is 4.74 Å². The van der Waals surface area contributed by atoms with Gasteiger partial charge in [-0.05, 0) is 26.8 Å². The zero-order valence-electron chi connectivity index (χ0n) is 12.6. The Balaban J connectivity index is 2.52. The smallest absolute Gasteiger partial charge is 0.407 e. The van der Waals surface area contributed by atoms with Gasteiger partial charge >= 0.3 is 6.09 Å². The Labute approximate surface area is 127 Å². The lowest BCUT2D eigenvalue weighted by atomic mass is 10.2. The van der Waals surface area contributed by atoms with Crippen LogP contribution in [0.3, 0.4) is 0 Å². The van der Waals surface area contributed by atoms with Crippen molar-refractivity contribution in [3.63, 3.8) is 0 Å². The van der Waals surface area contributed by atoms with Crippen molar-refractivity contribution in [3.05, 3.63) is 39.7 Å². The summed E-state index contributed by atoms with van der Waals surface area (Å²) in [4.78, 5) is 21.3. The van der Waals surface area contributed by atoms with Crippen molar-refractivity contribution in [1.29, 1.82) is 0 Å². The molecule has 118 valence electrons. The lowest BCUT2D eigenvalue weighted by Gasteiger charge is -2.19. The van der Waals surface area contributed by atoms with Crippen LogP contribution in [0, 0.1) is 27.8 Å². The molecule has 22 heavy (non-hydrogen) atoms. The molecule has 1 amide bonds. The van der Waals surface area contributed by atoms with Crippen LogP contribution in [-0.2, 0) is 4.74 Å². The van der Waals surface area contributed by atoms with Crippen LogP contribution in [0.5, 0.6) is 0 Å². The number of hydrogen-bond acceptors (Lipinski definition) is 4. The molecule has 0 aliphatic rings. The van der Waals surface area contributed by atoms with Crippen molar-refractivity contribution in [2.24, 2.45) is 0 Å². The first-order valence-corrected chi connectivity index (χ1v) is 6.58. The van der Waals surface area contributed by atoms with Crippen molar-refractivity contribution < 1.29 is 18.8 Å². The molecule has 0 aromatic heterocycles. The molecule has 1 rings (SSSR count). The number of nitrogens with one attached hydrogen (secondary N) is 1. The summed E-state index contributed by atoms with van der Waals surface area (Å²) in [5.41, 5.74) is -0.712. The van der Waals surface area contributed by atoms with Crippen LogP contribution in [0.15, 0.2) is 18.2 Å². The fourth-order valence-corrected chi connectivity index (χ4v) is 1.46. The van der Waals surface area contributed by atoms with Crippen LogP contribution in [0.2, 0.25) is 0 Å². The van der Waals surface area contributed by atoms with Crippen LogP contribution in [0.25, 0.3) is 0 Å². The monoisotopic (exact) mass is 308 g/mol. The van der Waals surface area contributed by atoms with Gasteiger partial charge in [-0.25, -0.2) is 9.18 Å². The maximum Gasteiger partial charge on any atom is 0.407 e. The number of hydrogen-bond donors (Lipinski definition) is 1. The van der Waals surface area contributed by atoms with Gasteiger partial charge in [0, 0.05) is 24.6 Å². The van der Waals surface area contributed by atoms with E-state index in [2.05, 4.69) is 17.2 Å². The second-order valence-corrected chi connectivity index (χ2v) is 5.44. The lowest BCUT2D eigenvalue weighted by Crippen LogP contribution is -2.32. The summed E-state index contributed by atoms with van der Waals surface area (Å²) in [5, 5.41) is 13.1. The Hall–Kier alpha value is -2.62. The SMILES string of the molecule is CC(C)(C)OC(=O)NCCC#Cc1cc(F)cc([N+](=O)[O-])c1. The molecule has 7 heteroatoms. The molecule has 0 spiro atoms. The molecule has 0 saturated carbocycles. The number of non-ortho nitro benzene ring substituents is 1. The fraction of sp³-hybridized carbons (Fsp3) is 0.400. The van der Waals surface area contributed by atoms with Crippen LogP contribution in [0.4, 0.5) is 14.9 Å². The third kappa shape index (κ3) is 6.70. The van der Waals surface area contributed by atoms with Gasteiger partial charge in [0.15, 0.2) is 0 Å². The highest BCUT2D eigenvalue weighted by Gasteiger charge is 2.15. The summed E-state index contributed by atoms with van der Waals surface area (Å²) >= 11 is 0. The van der Waals surface area contributed by atoms with E-state index >= 15 is 0 Å². The Morgan fingerprint density at radius 1 is 1.41 bits per heavy atom. The Kier molecular flexibility index (Phi) is 5.87. The van der Waals surface area contributed by atoms with E-state index in [1.807, 2.05) is 0 Å². The minimum Gasteiger partial charge on any atom is -0.444 e. The number of carbonyl (C=O) groups excluding carboxylic acids is 1. The first-order chi connectivity index (χ1) is 10.2. The molecule has 1 aromatic carbocycles. The zero-order valence-corrected chi connectivity index (χ0v) is 12.6. The summed E-state index contributed by atoms with van der Waals surface area (Å²) in [6, 6.07) is 3.13. The maximum absolute atomic E-state index is 13.2. The van der Waals surface area contributed by atoms with Gasteiger partial charge in [-0.1, -0.05) is 11.8 Å². The van der Waals surface area contributed by atoms with E-state index < -0.39 is 22.4 Å². The van der Waals surface area contributed by atoms with E-state index in [1.54, 1.807) is 20.8 Å². The Bertz CT molecular complexity index is 627. The second kappa shape index (κ2) is 7.41. The average molecular weight is 308 g/mol. The number of nitrogens with zero attached hydrogens (tertiary/aromatic N) is 1. The van der Waals surface area contributed by atoms with Gasteiger partial charge in [0.2, 0.25) is 0 Å². The summed E-state index contributed by atoms with van der Waals surface area (Å²) in [6.45, 7) is 5.52. The molecule has 1 aromatic rings. The highest BCUT2D eigenvalue weighted by Crippen LogP contribution is 2.15. The number of nitro groups is 1. The summed E-state index contributed by atoms with van der Waals surface area (Å²) in [6.07, 6.45) is -0.237. The predicted octanol–water partition coefficient (Wildman–Crippen LogP) is 3.00. The third-order valence-corrected chi connectivity index (χ3v) is 2.24. The van der Waals surface area contributed by atoms with Crippen LogP contribution in [-0.4, -0.2) is 23.2 Å². The van der Waals surface area contributed by atoms with E-state index in [0.717, 1.165) is 12.1 Å². The van der Waals surface area contributed by atoms with Gasteiger partial charge in [-0.15, -0.1) is 0 Å². The van der Waals surface area contributed by atoms with Crippen molar-refractivity contribution in [2.45, 2.75) is 32.8 Å². The second-order valence-electron chi connectivity index (χ2n) is 5.44. The van der Waals surface area contributed by atoms with Crippen LogP contribution in [0.1, 0.15) is 32.8 Å². The molecule has 0 bridgehead atoms. The molecule has 0 saturated heterocycles. The van der Waals surface area contributed by atoms with E-state index in [-0.39, 0.29) is 17.8 Å². The molecule has 0 heterocycles. The molecule has 1 N–H and O–H groups in total. The van der Waals surface area contributed by atoms with E-state index in [0.29, 0.717) is 6.42 Å². The van der Waals surface area contributed by atoms with E-state index in [1.165, 1.54) is 6.07 Å². The van der Waals surface area contributed by atoms with E-state index in [9.17, 15) is 19.3 Å². The van der Waals surface area contributed by atoms with Crippen LogP contribution < -0.4 is 5.32 Å². The quantitative estimate of drug-likeness (QED) is 0.403. The summed E-state index contributed by atoms with van der Waals surface area (Å²) in [7, 11) is 0. The number of rotatable bonds is 3. The van der Waals surface area contributed by atoms with Gasteiger partial charge in [-0.2, -0.15) is 0 Å². The molecule has 0 fully saturated rings. The van der Waals surface area contributed by atoms with Gasteiger partial charge in [0.25, 0.3) is 5.69 Å². The normalized spacial score (nSPS) is 10.4. The molecule has 6 nitrogen and oxygen atoms in total. The molecule has 0 aliphatic carbocycles. The van der Waals surface area contributed by atoms with Crippen molar-refractivity contribution >= 4 is 11.8 Å². The minimum absolute atomic E-state index is 0.212. The topological polar surface area (TPSA) is 81.5 Å². The number of amides is 1. The summed E-state index contributed by atoms with van der Waals surface area (Å²) in [5.74, 6) is 4.60. The van der Waals surface area contributed by atoms with Gasteiger partial charge in [0.05, 0.1) is 11.0 Å². The first kappa shape index (κ1) is 17.4. The average Bonchev–Trinajstić information content (AvgIpc) is 2.35. The number of nitro benzene ring substituents is 1. The minimum atomic E-state index is -0.717. The van der Waals surface area contributed by atoms with Crippen molar-refractivity contribution in [3.8, 4) is 11.8 Å². The van der Waals surface area contributed by atoms with Crippen molar-refractivity contribution in [2.75, 3.05) is 6.54 Å². The first-order valence-electron chi connectivity index (χ1n) is 6.58. The number of alkyl carbamates (subject to hydrolysis) is 1. The third-order valence-electron chi connectivity index (χ3n) is 2.24.